The zero-order valence-electron chi connectivity index (χ0n) is 13.5. The van der Waals surface area contributed by atoms with Gasteiger partial charge in [0.2, 0.25) is 5.91 Å². The third-order valence-corrected chi connectivity index (χ3v) is 4.15. The van der Waals surface area contributed by atoms with E-state index in [4.69, 9.17) is 9.47 Å². The summed E-state index contributed by atoms with van der Waals surface area (Å²) in [5, 5.41) is 5.31. The predicted octanol–water partition coefficient (Wildman–Crippen LogP) is 1.19. The number of ether oxygens (including phenoxy) is 2. The first-order valence-electron chi connectivity index (χ1n) is 7.47. The minimum absolute atomic E-state index is 0.174. The summed E-state index contributed by atoms with van der Waals surface area (Å²) in [5.74, 6) is -0.111. The highest BCUT2D eigenvalue weighted by Crippen LogP contribution is 2.29. The Morgan fingerprint density at radius 3 is 2.88 bits per heavy atom. The van der Waals surface area contributed by atoms with Crippen molar-refractivity contribution in [1.29, 1.82) is 0 Å². The average molecular weight is 352 g/mol. The van der Waals surface area contributed by atoms with Crippen LogP contribution in [-0.4, -0.2) is 49.0 Å². The van der Waals surface area contributed by atoms with Crippen LogP contribution >= 0.6 is 11.8 Å². The van der Waals surface area contributed by atoms with E-state index in [9.17, 15) is 14.4 Å². The second kappa shape index (κ2) is 8.58. The SMILES string of the molecule is COC(=O)[C@@H](CCSC)NC(=O)C[C@H]1Oc2ccccc2NC1=O. The minimum Gasteiger partial charge on any atom is -0.478 e. The molecule has 1 heterocycles. The van der Waals surface area contributed by atoms with E-state index in [0.29, 0.717) is 23.6 Å². The lowest BCUT2D eigenvalue weighted by Crippen LogP contribution is -2.46. The Labute approximate surface area is 144 Å². The summed E-state index contributed by atoms with van der Waals surface area (Å²) in [6.45, 7) is 0. The molecule has 8 heteroatoms. The molecule has 0 saturated carbocycles. The molecule has 0 bridgehead atoms. The Kier molecular flexibility index (Phi) is 6.48. The maximum atomic E-state index is 12.2. The summed E-state index contributed by atoms with van der Waals surface area (Å²) >= 11 is 1.57. The highest BCUT2D eigenvalue weighted by molar-refractivity contribution is 7.98. The van der Waals surface area contributed by atoms with Crippen LogP contribution in [0.25, 0.3) is 0 Å². The number of para-hydroxylation sites is 2. The molecular weight excluding hydrogens is 332 g/mol. The Morgan fingerprint density at radius 1 is 1.42 bits per heavy atom. The number of carbonyl (C=O) groups is 3. The summed E-state index contributed by atoms with van der Waals surface area (Å²) in [6.07, 6.45) is 1.26. The smallest absolute Gasteiger partial charge is 0.328 e. The van der Waals surface area contributed by atoms with E-state index in [1.54, 1.807) is 36.0 Å². The Balaban J connectivity index is 1.96. The fourth-order valence-electron chi connectivity index (χ4n) is 2.28. The Hall–Kier alpha value is -2.22. The van der Waals surface area contributed by atoms with Crippen LogP contribution in [0.2, 0.25) is 0 Å². The summed E-state index contributed by atoms with van der Waals surface area (Å²) < 4.78 is 10.3. The topological polar surface area (TPSA) is 93.7 Å². The maximum Gasteiger partial charge on any atom is 0.328 e. The van der Waals surface area contributed by atoms with Crippen molar-refractivity contribution in [2.24, 2.45) is 0 Å². The van der Waals surface area contributed by atoms with Crippen molar-refractivity contribution >= 4 is 35.2 Å². The lowest BCUT2D eigenvalue weighted by atomic mass is 10.1. The number of anilines is 1. The molecule has 0 aliphatic carbocycles. The van der Waals surface area contributed by atoms with Crippen LogP contribution in [0.4, 0.5) is 5.69 Å². The molecule has 0 fully saturated rings. The van der Waals surface area contributed by atoms with Crippen LogP contribution in [0.15, 0.2) is 24.3 Å². The van der Waals surface area contributed by atoms with E-state index >= 15 is 0 Å². The standard InChI is InChI=1S/C16H20N2O5S/c1-22-16(21)11(7-8-24-2)17-14(19)9-13-15(20)18-10-5-3-4-6-12(10)23-13/h3-6,11,13H,7-9H2,1-2H3,(H,17,19)(H,18,20)/t11-,13-/m1/s1. The summed E-state index contributed by atoms with van der Waals surface area (Å²) in [7, 11) is 1.27. The van der Waals surface area contributed by atoms with E-state index in [1.807, 2.05) is 6.26 Å². The molecule has 2 amide bonds. The van der Waals surface area contributed by atoms with Gasteiger partial charge in [-0.15, -0.1) is 0 Å². The van der Waals surface area contributed by atoms with Crippen molar-refractivity contribution in [3.05, 3.63) is 24.3 Å². The summed E-state index contributed by atoms with van der Waals surface area (Å²) in [4.78, 5) is 35.9. The lowest BCUT2D eigenvalue weighted by molar-refractivity contribution is -0.145. The van der Waals surface area contributed by atoms with Crippen molar-refractivity contribution in [1.82, 2.24) is 5.32 Å². The highest BCUT2D eigenvalue weighted by Gasteiger charge is 2.31. The van der Waals surface area contributed by atoms with Gasteiger partial charge < -0.3 is 20.1 Å². The molecule has 1 aromatic carbocycles. The first-order chi connectivity index (χ1) is 11.5. The van der Waals surface area contributed by atoms with Gasteiger partial charge in [-0.3, -0.25) is 9.59 Å². The molecule has 2 atom stereocenters. The van der Waals surface area contributed by atoms with Gasteiger partial charge in [0.05, 0.1) is 19.2 Å². The van der Waals surface area contributed by atoms with E-state index in [-0.39, 0.29) is 12.3 Å². The van der Waals surface area contributed by atoms with Crippen LogP contribution in [0.1, 0.15) is 12.8 Å². The molecule has 2 N–H and O–H groups in total. The van der Waals surface area contributed by atoms with Gasteiger partial charge in [0, 0.05) is 0 Å². The Morgan fingerprint density at radius 2 is 2.17 bits per heavy atom. The highest BCUT2D eigenvalue weighted by atomic mass is 32.2. The normalized spacial score (nSPS) is 17.1. The largest absolute Gasteiger partial charge is 0.478 e. The zero-order chi connectivity index (χ0) is 17.5. The van der Waals surface area contributed by atoms with Crippen LogP contribution in [-0.2, 0) is 19.1 Å². The molecule has 0 saturated heterocycles. The number of amides is 2. The number of esters is 1. The predicted molar refractivity (Wildman–Crippen MR) is 91.1 cm³/mol. The van der Waals surface area contributed by atoms with Gasteiger partial charge in [-0.05, 0) is 30.6 Å². The molecule has 24 heavy (non-hydrogen) atoms. The quantitative estimate of drug-likeness (QED) is 0.716. The number of hydrogen-bond acceptors (Lipinski definition) is 6. The molecule has 2 rings (SSSR count). The number of methoxy groups -OCH3 is 1. The van der Waals surface area contributed by atoms with Crippen LogP contribution in [0, 0.1) is 0 Å². The number of rotatable bonds is 7. The van der Waals surface area contributed by atoms with Gasteiger partial charge in [0.1, 0.15) is 11.8 Å². The number of nitrogens with one attached hydrogen (secondary N) is 2. The van der Waals surface area contributed by atoms with Crippen molar-refractivity contribution in [3.8, 4) is 5.75 Å². The van der Waals surface area contributed by atoms with Gasteiger partial charge in [-0.1, -0.05) is 12.1 Å². The van der Waals surface area contributed by atoms with E-state index in [2.05, 4.69) is 10.6 Å². The summed E-state index contributed by atoms with van der Waals surface area (Å²) in [5.41, 5.74) is 0.576. The lowest BCUT2D eigenvalue weighted by Gasteiger charge is -2.26. The molecule has 0 aromatic heterocycles. The van der Waals surface area contributed by atoms with Gasteiger partial charge in [0.25, 0.3) is 5.91 Å². The molecule has 1 aromatic rings. The second-order valence-corrected chi connectivity index (χ2v) is 6.21. The van der Waals surface area contributed by atoms with E-state index in [0.717, 1.165) is 0 Å². The van der Waals surface area contributed by atoms with Crippen LogP contribution in [0.5, 0.6) is 5.75 Å². The van der Waals surface area contributed by atoms with Gasteiger partial charge >= 0.3 is 5.97 Å². The number of benzene rings is 1. The summed E-state index contributed by atoms with van der Waals surface area (Å²) in [6, 6.07) is 6.27. The number of hydrogen-bond donors (Lipinski definition) is 2. The first-order valence-corrected chi connectivity index (χ1v) is 8.87. The molecule has 7 nitrogen and oxygen atoms in total. The van der Waals surface area contributed by atoms with Crippen molar-refractivity contribution in [2.45, 2.75) is 25.0 Å². The fourth-order valence-corrected chi connectivity index (χ4v) is 2.75. The third-order valence-electron chi connectivity index (χ3n) is 3.51. The first kappa shape index (κ1) is 18.1. The molecule has 130 valence electrons. The van der Waals surface area contributed by atoms with E-state index in [1.165, 1.54) is 7.11 Å². The van der Waals surface area contributed by atoms with Crippen molar-refractivity contribution in [3.63, 3.8) is 0 Å². The number of carbonyl (C=O) groups excluding carboxylic acids is 3. The minimum atomic E-state index is -0.932. The molecule has 0 spiro atoms. The van der Waals surface area contributed by atoms with Crippen LogP contribution < -0.4 is 15.4 Å². The molecule has 1 aliphatic rings. The fraction of sp³-hybridized carbons (Fsp3) is 0.438. The maximum absolute atomic E-state index is 12.2. The van der Waals surface area contributed by atoms with Gasteiger partial charge in [0.15, 0.2) is 6.10 Å². The number of thioether (sulfide) groups is 1. The second-order valence-electron chi connectivity index (χ2n) is 5.22. The van der Waals surface area contributed by atoms with Gasteiger partial charge in [-0.2, -0.15) is 11.8 Å². The van der Waals surface area contributed by atoms with Crippen molar-refractivity contribution < 1.29 is 23.9 Å². The molecular formula is C16H20N2O5S. The zero-order valence-corrected chi connectivity index (χ0v) is 14.4. The van der Waals surface area contributed by atoms with Crippen molar-refractivity contribution in [2.75, 3.05) is 24.4 Å². The Bertz CT molecular complexity index is 622. The average Bonchev–Trinajstić information content (AvgIpc) is 2.58. The third kappa shape index (κ3) is 4.64. The monoisotopic (exact) mass is 352 g/mol. The van der Waals surface area contributed by atoms with Crippen LogP contribution in [0.3, 0.4) is 0 Å². The molecule has 0 radical (unpaired) electrons. The van der Waals surface area contributed by atoms with Gasteiger partial charge in [-0.25, -0.2) is 4.79 Å². The molecule has 1 aliphatic heterocycles. The van der Waals surface area contributed by atoms with E-state index < -0.39 is 24.0 Å². The molecule has 0 unspecified atom stereocenters. The number of fused-ring (bicyclic) bond motifs is 1.